The molecule has 3 amide bonds. The molecule has 0 aliphatic carbocycles. The molecular formula is C33H41N3O6S. The Hall–Kier alpha value is -4.02. The third-order valence-electron chi connectivity index (χ3n) is 6.61. The van der Waals surface area contributed by atoms with E-state index in [1.54, 1.807) is 54.6 Å². The van der Waals surface area contributed by atoms with Crippen LogP contribution in [0.2, 0.25) is 0 Å². The fraction of sp³-hybridized carbons (Fsp3) is 0.364. The highest BCUT2D eigenvalue weighted by molar-refractivity contribution is 7.90. The summed E-state index contributed by atoms with van der Waals surface area (Å²) in [5, 5.41) is 19.6. The first kappa shape index (κ1) is 33.5. The Kier molecular flexibility index (Phi) is 11.6. The van der Waals surface area contributed by atoms with Gasteiger partial charge in [0.1, 0.15) is 6.04 Å². The first-order valence-electron chi connectivity index (χ1n) is 14.2. The fourth-order valence-corrected chi connectivity index (χ4v) is 6.26. The molecule has 0 aromatic heterocycles. The SMILES string of the molecule is CC(=O)N[C@H](CS(=O)(=O)Cc1ccccc1)C(=O)N[C@@H](Cc1ccccc1)[C@H](O)Cc1ccccc1C(=O)NC(C)(C)C. The van der Waals surface area contributed by atoms with E-state index in [1.807, 2.05) is 51.1 Å². The Bertz CT molecular complexity index is 1490. The lowest BCUT2D eigenvalue weighted by atomic mass is 9.93. The summed E-state index contributed by atoms with van der Waals surface area (Å²) in [5.41, 5.74) is 1.93. The van der Waals surface area contributed by atoms with Crippen molar-refractivity contribution < 1.29 is 27.9 Å². The molecule has 0 saturated carbocycles. The van der Waals surface area contributed by atoms with Gasteiger partial charge in [-0.2, -0.15) is 0 Å². The number of sulfone groups is 1. The largest absolute Gasteiger partial charge is 0.391 e. The summed E-state index contributed by atoms with van der Waals surface area (Å²) >= 11 is 0. The average Bonchev–Trinajstić information content (AvgIpc) is 2.92. The van der Waals surface area contributed by atoms with Crippen LogP contribution in [-0.4, -0.2) is 60.7 Å². The lowest BCUT2D eigenvalue weighted by Gasteiger charge is -2.28. The third-order valence-corrected chi connectivity index (χ3v) is 8.23. The quantitative estimate of drug-likeness (QED) is 0.236. The van der Waals surface area contributed by atoms with Crippen LogP contribution in [0.15, 0.2) is 84.9 Å². The highest BCUT2D eigenvalue weighted by Gasteiger charge is 2.31. The van der Waals surface area contributed by atoms with E-state index < -0.39 is 51.1 Å². The van der Waals surface area contributed by atoms with Crippen LogP contribution in [0.3, 0.4) is 0 Å². The van der Waals surface area contributed by atoms with Gasteiger partial charge in [-0.05, 0) is 49.9 Å². The molecule has 43 heavy (non-hydrogen) atoms. The zero-order valence-corrected chi connectivity index (χ0v) is 25.9. The molecule has 0 heterocycles. The zero-order valence-electron chi connectivity index (χ0n) is 25.0. The predicted molar refractivity (Wildman–Crippen MR) is 167 cm³/mol. The standard InChI is InChI=1S/C33H41N3O6S/c1-23(37)34-29(22-43(41,42)21-25-15-9-6-10-16-25)32(40)35-28(19-24-13-7-5-8-14-24)30(38)20-26-17-11-12-18-27(26)31(39)36-33(2,3)4/h5-18,28-30,38H,19-22H2,1-4H3,(H,34,37)(H,35,40)(H,36,39)/t28-,29+,30+/m0/s1. The lowest BCUT2D eigenvalue weighted by Crippen LogP contribution is -2.55. The number of rotatable bonds is 13. The van der Waals surface area contributed by atoms with Crippen molar-refractivity contribution in [3.8, 4) is 0 Å². The number of nitrogens with one attached hydrogen (secondary N) is 3. The highest BCUT2D eigenvalue weighted by atomic mass is 32.2. The van der Waals surface area contributed by atoms with Gasteiger partial charge in [-0.3, -0.25) is 14.4 Å². The smallest absolute Gasteiger partial charge is 0.251 e. The molecule has 3 atom stereocenters. The van der Waals surface area contributed by atoms with E-state index in [1.165, 1.54) is 6.92 Å². The van der Waals surface area contributed by atoms with E-state index in [4.69, 9.17) is 0 Å². The molecule has 0 fully saturated rings. The Morgan fingerprint density at radius 3 is 1.93 bits per heavy atom. The summed E-state index contributed by atoms with van der Waals surface area (Å²) in [4.78, 5) is 38.5. The van der Waals surface area contributed by atoms with Gasteiger partial charge < -0.3 is 21.1 Å². The summed E-state index contributed by atoms with van der Waals surface area (Å²) in [7, 11) is -3.80. The second-order valence-electron chi connectivity index (χ2n) is 11.7. The van der Waals surface area contributed by atoms with E-state index >= 15 is 0 Å². The molecule has 0 radical (unpaired) electrons. The second kappa shape index (κ2) is 14.9. The van der Waals surface area contributed by atoms with Crippen LogP contribution in [0.5, 0.6) is 0 Å². The average molecular weight is 608 g/mol. The number of benzene rings is 3. The number of hydrogen-bond donors (Lipinski definition) is 4. The molecule has 0 bridgehead atoms. The van der Waals surface area contributed by atoms with E-state index in [2.05, 4.69) is 16.0 Å². The summed E-state index contributed by atoms with van der Waals surface area (Å²) in [6.07, 6.45) is -0.873. The summed E-state index contributed by atoms with van der Waals surface area (Å²) in [6, 6.07) is 22.5. The Morgan fingerprint density at radius 1 is 0.791 bits per heavy atom. The first-order chi connectivity index (χ1) is 20.2. The molecule has 9 nitrogen and oxygen atoms in total. The van der Waals surface area contributed by atoms with Gasteiger partial charge in [-0.25, -0.2) is 8.42 Å². The van der Waals surface area contributed by atoms with E-state index in [0.29, 0.717) is 16.7 Å². The number of carbonyl (C=O) groups excluding carboxylic acids is 3. The van der Waals surface area contributed by atoms with Crippen LogP contribution in [0.1, 0.15) is 54.7 Å². The third kappa shape index (κ3) is 11.3. The van der Waals surface area contributed by atoms with Crippen molar-refractivity contribution in [3.63, 3.8) is 0 Å². The van der Waals surface area contributed by atoms with Crippen LogP contribution < -0.4 is 16.0 Å². The van der Waals surface area contributed by atoms with Crippen LogP contribution in [0.4, 0.5) is 0 Å². The van der Waals surface area contributed by atoms with Gasteiger partial charge in [0.15, 0.2) is 9.84 Å². The van der Waals surface area contributed by atoms with Crippen LogP contribution >= 0.6 is 0 Å². The minimum atomic E-state index is -3.80. The summed E-state index contributed by atoms with van der Waals surface area (Å²) in [5.74, 6) is -2.48. The molecule has 0 unspecified atom stereocenters. The molecule has 3 rings (SSSR count). The summed E-state index contributed by atoms with van der Waals surface area (Å²) < 4.78 is 26.1. The number of amides is 3. The molecule has 3 aromatic carbocycles. The van der Waals surface area contributed by atoms with E-state index in [0.717, 1.165) is 5.56 Å². The Balaban J connectivity index is 1.85. The van der Waals surface area contributed by atoms with Crippen molar-refractivity contribution in [1.29, 1.82) is 0 Å². The van der Waals surface area contributed by atoms with Crippen LogP contribution in [-0.2, 0) is 38.0 Å². The monoisotopic (exact) mass is 607 g/mol. The van der Waals surface area contributed by atoms with Gasteiger partial charge in [0.25, 0.3) is 5.91 Å². The van der Waals surface area contributed by atoms with Crippen molar-refractivity contribution in [3.05, 3.63) is 107 Å². The van der Waals surface area contributed by atoms with Gasteiger partial charge >= 0.3 is 0 Å². The molecule has 230 valence electrons. The van der Waals surface area contributed by atoms with Crippen molar-refractivity contribution in [2.45, 2.75) is 70.0 Å². The molecule has 0 saturated heterocycles. The number of hydrogen-bond acceptors (Lipinski definition) is 6. The molecule has 4 N–H and O–H groups in total. The Morgan fingerprint density at radius 2 is 1.35 bits per heavy atom. The van der Waals surface area contributed by atoms with Crippen LogP contribution in [0.25, 0.3) is 0 Å². The first-order valence-corrected chi connectivity index (χ1v) is 16.0. The minimum absolute atomic E-state index is 0.0443. The van der Waals surface area contributed by atoms with Gasteiger partial charge in [0.2, 0.25) is 11.8 Å². The van der Waals surface area contributed by atoms with Gasteiger partial charge in [0, 0.05) is 24.4 Å². The number of aliphatic hydroxyl groups excluding tert-OH is 1. The fourth-order valence-electron chi connectivity index (χ4n) is 4.70. The molecule has 0 spiro atoms. The van der Waals surface area contributed by atoms with Gasteiger partial charge in [-0.1, -0.05) is 78.9 Å². The maximum atomic E-state index is 13.5. The van der Waals surface area contributed by atoms with Gasteiger partial charge in [-0.15, -0.1) is 0 Å². The molecule has 10 heteroatoms. The topological polar surface area (TPSA) is 142 Å². The van der Waals surface area contributed by atoms with E-state index in [9.17, 15) is 27.9 Å². The normalized spacial score (nSPS) is 13.8. The maximum Gasteiger partial charge on any atom is 0.251 e. The molecule has 0 aliphatic heterocycles. The highest BCUT2D eigenvalue weighted by Crippen LogP contribution is 2.17. The minimum Gasteiger partial charge on any atom is -0.391 e. The van der Waals surface area contributed by atoms with E-state index in [-0.39, 0.29) is 24.5 Å². The predicted octanol–water partition coefficient (Wildman–Crippen LogP) is 2.97. The maximum absolute atomic E-state index is 13.5. The van der Waals surface area contributed by atoms with Crippen molar-refractivity contribution >= 4 is 27.6 Å². The molecular weight excluding hydrogens is 566 g/mol. The molecule has 3 aromatic rings. The summed E-state index contributed by atoms with van der Waals surface area (Å²) in [6.45, 7) is 6.83. The lowest BCUT2D eigenvalue weighted by molar-refractivity contribution is -0.128. The van der Waals surface area contributed by atoms with Crippen LogP contribution in [0, 0.1) is 0 Å². The number of aliphatic hydroxyl groups is 1. The zero-order chi connectivity index (χ0) is 31.6. The van der Waals surface area contributed by atoms with Gasteiger partial charge in [0.05, 0.1) is 23.7 Å². The second-order valence-corrected chi connectivity index (χ2v) is 13.8. The molecule has 0 aliphatic rings. The number of carbonyl (C=O) groups is 3. The van der Waals surface area contributed by atoms with Crippen molar-refractivity contribution in [2.24, 2.45) is 0 Å². The van der Waals surface area contributed by atoms with Crippen molar-refractivity contribution in [2.75, 3.05) is 5.75 Å². The Labute approximate surface area is 254 Å². The van der Waals surface area contributed by atoms with Crippen molar-refractivity contribution in [1.82, 2.24) is 16.0 Å².